The summed E-state index contributed by atoms with van der Waals surface area (Å²) in [6.07, 6.45) is 3.16. The Hall–Kier alpha value is -3.46. The number of thioether (sulfide) groups is 1. The number of hydrogen-bond acceptors (Lipinski definition) is 7. The van der Waals surface area contributed by atoms with E-state index >= 15 is 0 Å². The maximum absolute atomic E-state index is 13.5. The lowest BCUT2D eigenvalue weighted by molar-refractivity contribution is -0.113. The number of fused-ring (bicyclic) bond motifs is 1. The Morgan fingerprint density at radius 2 is 1.86 bits per heavy atom. The van der Waals surface area contributed by atoms with Crippen molar-refractivity contribution in [1.29, 1.82) is 0 Å². The van der Waals surface area contributed by atoms with Crippen LogP contribution in [0.25, 0.3) is 22.4 Å². The van der Waals surface area contributed by atoms with Crippen LogP contribution < -0.4 is 10.9 Å². The number of para-hydroxylation sites is 1. The molecule has 0 spiro atoms. The number of nitrogens with one attached hydrogen (secondary N) is 1. The molecule has 0 radical (unpaired) electrons. The Morgan fingerprint density at radius 3 is 2.69 bits per heavy atom. The summed E-state index contributed by atoms with van der Waals surface area (Å²) in [6.45, 7) is 4.45. The van der Waals surface area contributed by atoms with Gasteiger partial charge in [-0.3, -0.25) is 19.5 Å². The average Bonchev–Trinajstić information content (AvgIpc) is 3.34. The lowest BCUT2D eigenvalue weighted by Gasteiger charge is -2.36. The predicted molar refractivity (Wildman–Crippen MR) is 136 cm³/mol. The van der Waals surface area contributed by atoms with E-state index in [1.54, 1.807) is 0 Å². The lowest BCUT2D eigenvalue weighted by atomic mass is 9.78. The van der Waals surface area contributed by atoms with Crippen molar-refractivity contribution < 1.29 is 9.21 Å². The van der Waals surface area contributed by atoms with Crippen LogP contribution in [0.3, 0.4) is 0 Å². The number of carbonyl (C=O) groups excluding carboxylic acids is 1. The zero-order chi connectivity index (χ0) is 24.4. The zero-order valence-corrected chi connectivity index (χ0v) is 20.5. The van der Waals surface area contributed by atoms with E-state index in [2.05, 4.69) is 29.4 Å². The second kappa shape index (κ2) is 10.0. The van der Waals surface area contributed by atoms with Gasteiger partial charge in [-0.2, -0.15) is 0 Å². The Morgan fingerprint density at radius 1 is 1.09 bits per heavy atom. The van der Waals surface area contributed by atoms with E-state index in [-0.39, 0.29) is 29.3 Å². The normalized spacial score (nSPS) is 20.1. The molecule has 3 atom stereocenters. The van der Waals surface area contributed by atoms with Gasteiger partial charge in [-0.1, -0.05) is 73.9 Å². The first-order valence-electron chi connectivity index (χ1n) is 11.8. The minimum atomic E-state index is -0.308. The molecule has 2 aromatic heterocycles. The predicted octanol–water partition coefficient (Wildman–Crippen LogP) is 5.17. The molecule has 8 nitrogen and oxygen atoms in total. The van der Waals surface area contributed by atoms with Crippen LogP contribution in [0.5, 0.6) is 0 Å². The highest BCUT2D eigenvalue weighted by molar-refractivity contribution is 7.99. The molecule has 1 amide bonds. The molecule has 0 saturated heterocycles. The van der Waals surface area contributed by atoms with Crippen LogP contribution in [-0.2, 0) is 4.79 Å². The first-order valence-corrected chi connectivity index (χ1v) is 12.8. The van der Waals surface area contributed by atoms with Crippen molar-refractivity contribution in [1.82, 2.24) is 19.7 Å². The average molecular weight is 490 g/mol. The van der Waals surface area contributed by atoms with Gasteiger partial charge < -0.3 is 4.42 Å². The molecule has 180 valence electrons. The van der Waals surface area contributed by atoms with Crippen LogP contribution >= 0.6 is 11.8 Å². The van der Waals surface area contributed by atoms with E-state index in [1.807, 2.05) is 59.2 Å². The number of carbonyl (C=O) groups is 1. The fourth-order valence-corrected chi connectivity index (χ4v) is 5.55. The Kier molecular flexibility index (Phi) is 6.68. The van der Waals surface area contributed by atoms with E-state index in [1.165, 1.54) is 11.8 Å². The van der Waals surface area contributed by atoms with Gasteiger partial charge in [-0.05, 0) is 42.5 Å². The summed E-state index contributed by atoms with van der Waals surface area (Å²) >= 11 is 1.25. The van der Waals surface area contributed by atoms with Crippen molar-refractivity contribution in [3.05, 3.63) is 65.0 Å². The Balaban J connectivity index is 1.37. The molecular formula is C26H27N5O3S. The molecule has 1 fully saturated rings. The largest absolute Gasteiger partial charge is 0.403 e. The van der Waals surface area contributed by atoms with Gasteiger partial charge >= 0.3 is 6.01 Å². The summed E-state index contributed by atoms with van der Waals surface area (Å²) in [6, 6.07) is 16.8. The second-order valence-electron chi connectivity index (χ2n) is 9.04. The fraction of sp³-hybridized carbons (Fsp3) is 0.346. The molecule has 0 bridgehead atoms. The lowest BCUT2D eigenvalue weighted by Crippen LogP contribution is -2.35. The van der Waals surface area contributed by atoms with Crippen molar-refractivity contribution in [3.63, 3.8) is 0 Å². The SMILES string of the molecule is C[C@@H]1[C@H](C)CCC[C@@H]1n1c(SCC(=O)Nc2nnc(-c3ccccc3)o2)nc2ccccc2c1=O. The number of aromatic nitrogens is 4. The molecule has 4 aromatic rings. The maximum Gasteiger partial charge on any atom is 0.322 e. The molecule has 0 unspecified atom stereocenters. The molecule has 2 aromatic carbocycles. The Bertz CT molecular complexity index is 1400. The highest BCUT2D eigenvalue weighted by Gasteiger charge is 2.31. The maximum atomic E-state index is 13.5. The quantitative estimate of drug-likeness (QED) is 0.294. The van der Waals surface area contributed by atoms with Crippen LogP contribution in [0.1, 0.15) is 39.2 Å². The van der Waals surface area contributed by atoms with Crippen LogP contribution in [0.15, 0.2) is 69.0 Å². The summed E-state index contributed by atoms with van der Waals surface area (Å²) in [4.78, 5) is 31.0. The van der Waals surface area contributed by atoms with E-state index in [0.29, 0.717) is 33.8 Å². The highest BCUT2D eigenvalue weighted by Crippen LogP contribution is 2.38. The van der Waals surface area contributed by atoms with Crippen molar-refractivity contribution >= 4 is 34.6 Å². The molecule has 1 N–H and O–H groups in total. The van der Waals surface area contributed by atoms with Crippen molar-refractivity contribution in [2.24, 2.45) is 11.8 Å². The van der Waals surface area contributed by atoms with Crippen LogP contribution in [0.2, 0.25) is 0 Å². The van der Waals surface area contributed by atoms with Crippen LogP contribution in [0.4, 0.5) is 6.01 Å². The van der Waals surface area contributed by atoms with Gasteiger partial charge in [0.2, 0.25) is 11.8 Å². The number of hydrogen-bond donors (Lipinski definition) is 1. The molecule has 0 aliphatic heterocycles. The van der Waals surface area contributed by atoms with E-state index in [0.717, 1.165) is 24.8 Å². The standard InChI is InChI=1S/C26H27N5O3S/c1-16-9-8-14-21(17(16)2)31-24(33)19-12-6-7-13-20(19)27-26(31)35-15-22(32)28-25-30-29-23(34-25)18-10-4-3-5-11-18/h3-7,10-13,16-17,21H,8-9,14-15H2,1-2H3,(H,28,30,32)/t16-,17-,21+/m1/s1. The minimum Gasteiger partial charge on any atom is -0.403 e. The molecular weight excluding hydrogens is 462 g/mol. The number of nitrogens with zero attached hydrogens (tertiary/aromatic N) is 4. The van der Waals surface area contributed by atoms with Crippen molar-refractivity contribution in [3.8, 4) is 11.5 Å². The highest BCUT2D eigenvalue weighted by atomic mass is 32.2. The van der Waals surface area contributed by atoms with Gasteiger partial charge in [0.25, 0.3) is 5.56 Å². The summed E-state index contributed by atoms with van der Waals surface area (Å²) in [5.74, 6) is 0.943. The third-order valence-electron chi connectivity index (χ3n) is 6.80. The van der Waals surface area contributed by atoms with Gasteiger partial charge in [-0.25, -0.2) is 4.98 Å². The molecule has 9 heteroatoms. The summed E-state index contributed by atoms with van der Waals surface area (Å²) in [7, 11) is 0. The molecule has 1 aliphatic rings. The smallest absolute Gasteiger partial charge is 0.322 e. The summed E-state index contributed by atoms with van der Waals surface area (Å²) < 4.78 is 7.40. The first-order chi connectivity index (χ1) is 17.0. The summed E-state index contributed by atoms with van der Waals surface area (Å²) in [5, 5.41) is 11.7. The van der Waals surface area contributed by atoms with E-state index in [4.69, 9.17) is 9.40 Å². The van der Waals surface area contributed by atoms with Gasteiger partial charge in [0.05, 0.1) is 16.7 Å². The van der Waals surface area contributed by atoms with Gasteiger partial charge in [0, 0.05) is 11.6 Å². The molecule has 2 heterocycles. The molecule has 5 rings (SSSR count). The van der Waals surface area contributed by atoms with Gasteiger partial charge in [-0.15, -0.1) is 5.10 Å². The molecule has 35 heavy (non-hydrogen) atoms. The third-order valence-corrected chi connectivity index (χ3v) is 7.75. The number of anilines is 1. The first kappa shape index (κ1) is 23.3. The zero-order valence-electron chi connectivity index (χ0n) is 19.7. The topological polar surface area (TPSA) is 103 Å². The number of benzene rings is 2. The molecule has 1 aliphatic carbocycles. The number of amides is 1. The molecule has 1 saturated carbocycles. The monoisotopic (exact) mass is 489 g/mol. The third kappa shape index (κ3) is 4.86. The summed E-state index contributed by atoms with van der Waals surface area (Å²) in [5.41, 5.74) is 1.36. The number of rotatable bonds is 6. The van der Waals surface area contributed by atoms with Gasteiger partial charge in [0.15, 0.2) is 5.16 Å². The Labute approximate surface area is 207 Å². The fourth-order valence-electron chi connectivity index (χ4n) is 4.69. The van der Waals surface area contributed by atoms with Crippen molar-refractivity contribution in [2.45, 2.75) is 44.3 Å². The van der Waals surface area contributed by atoms with Gasteiger partial charge in [0.1, 0.15) is 0 Å². The second-order valence-corrected chi connectivity index (χ2v) is 9.98. The van der Waals surface area contributed by atoms with E-state index in [9.17, 15) is 9.59 Å². The van der Waals surface area contributed by atoms with E-state index < -0.39 is 0 Å². The minimum absolute atomic E-state index is 0.0352. The van der Waals surface area contributed by atoms with Crippen molar-refractivity contribution in [2.75, 3.05) is 11.1 Å². The van der Waals surface area contributed by atoms with Crippen LogP contribution in [-0.4, -0.2) is 31.4 Å². The van der Waals surface area contributed by atoms with Crippen LogP contribution in [0, 0.1) is 11.8 Å².